The third-order valence-electron chi connectivity index (χ3n) is 7.42. The second kappa shape index (κ2) is 12.4. The summed E-state index contributed by atoms with van der Waals surface area (Å²) in [4.78, 5) is 19.8. The van der Waals surface area contributed by atoms with Crippen LogP contribution in [-0.2, 0) is 19.6 Å². The van der Waals surface area contributed by atoms with Gasteiger partial charge in [-0.1, -0.05) is 48.5 Å². The summed E-state index contributed by atoms with van der Waals surface area (Å²) >= 11 is 0. The number of hydrogen-bond acceptors (Lipinski definition) is 7. The van der Waals surface area contributed by atoms with E-state index in [2.05, 4.69) is 34.1 Å². The first-order chi connectivity index (χ1) is 20.2. The fraction of sp³-hybridized carbons (Fsp3) is 0.303. The van der Waals surface area contributed by atoms with Crippen LogP contribution in [0, 0.1) is 0 Å². The van der Waals surface area contributed by atoms with Gasteiger partial charge in [-0.05, 0) is 54.4 Å². The second-order valence-corrected chi connectivity index (χ2v) is 10.3. The van der Waals surface area contributed by atoms with Crippen molar-refractivity contribution in [3.05, 3.63) is 108 Å². The quantitative estimate of drug-likeness (QED) is 0.254. The van der Waals surface area contributed by atoms with Gasteiger partial charge < -0.3 is 28.4 Å². The van der Waals surface area contributed by atoms with Gasteiger partial charge in [-0.25, -0.2) is 0 Å². The van der Waals surface area contributed by atoms with E-state index in [9.17, 15) is 4.79 Å². The van der Waals surface area contributed by atoms with Gasteiger partial charge in [0.25, 0.3) is 5.91 Å². The lowest BCUT2D eigenvalue weighted by Gasteiger charge is -2.36. The molecule has 0 atom stereocenters. The lowest BCUT2D eigenvalue weighted by atomic mass is 10.1. The number of para-hydroxylation sites is 2. The van der Waals surface area contributed by atoms with Gasteiger partial charge in [0.1, 0.15) is 11.5 Å². The third kappa shape index (κ3) is 6.33. The Morgan fingerprint density at radius 2 is 1.56 bits per heavy atom. The summed E-state index contributed by atoms with van der Waals surface area (Å²) in [6, 6.07) is 28.2. The van der Waals surface area contributed by atoms with Crippen LogP contribution in [0.25, 0.3) is 0 Å². The minimum Gasteiger partial charge on any atom is -0.492 e. The number of nitrogens with zero attached hydrogens (tertiary/aromatic N) is 3. The van der Waals surface area contributed by atoms with Crippen LogP contribution in [0.5, 0.6) is 17.2 Å². The molecule has 0 unspecified atom stereocenters. The summed E-state index contributed by atoms with van der Waals surface area (Å²) in [7, 11) is 0. The van der Waals surface area contributed by atoms with Crippen LogP contribution in [0.15, 0.2) is 89.3 Å². The molecule has 1 amide bonds. The Labute approximate surface area is 240 Å². The maximum Gasteiger partial charge on any atom is 0.289 e. The standard InChI is InChI=1S/C33H35N3O5/c1-2-38-29-11-7-6-10-28(29)35-16-18-36(19-17-35)33(37)31-15-13-27(41-31)23-34(21-25-8-4-3-5-9-25)22-26-12-14-30-32(20-26)40-24-39-30/h3-15,20H,2,16-19,21-24H2,1H3. The maximum absolute atomic E-state index is 13.4. The molecule has 3 aromatic carbocycles. The van der Waals surface area contributed by atoms with Crippen LogP contribution < -0.4 is 19.1 Å². The molecule has 4 aromatic rings. The van der Waals surface area contributed by atoms with Crippen molar-refractivity contribution in [2.45, 2.75) is 26.6 Å². The van der Waals surface area contributed by atoms with Gasteiger partial charge in [0.05, 0.1) is 18.8 Å². The number of rotatable bonds is 10. The van der Waals surface area contributed by atoms with Crippen molar-refractivity contribution in [2.24, 2.45) is 0 Å². The molecule has 0 radical (unpaired) electrons. The maximum atomic E-state index is 13.4. The minimum atomic E-state index is -0.0700. The highest BCUT2D eigenvalue weighted by atomic mass is 16.7. The average Bonchev–Trinajstić information content (AvgIpc) is 3.67. The van der Waals surface area contributed by atoms with E-state index in [1.165, 1.54) is 5.56 Å². The van der Waals surface area contributed by atoms with Crippen LogP contribution in [0.4, 0.5) is 5.69 Å². The van der Waals surface area contributed by atoms with Crippen molar-refractivity contribution in [1.29, 1.82) is 0 Å². The van der Waals surface area contributed by atoms with Crippen LogP contribution in [0.1, 0.15) is 34.4 Å². The summed E-state index contributed by atoms with van der Waals surface area (Å²) in [5.41, 5.74) is 3.40. The zero-order valence-corrected chi connectivity index (χ0v) is 23.3. The highest BCUT2D eigenvalue weighted by Crippen LogP contribution is 2.33. The average molecular weight is 554 g/mol. The van der Waals surface area contributed by atoms with Crippen LogP contribution in [-0.4, -0.2) is 55.3 Å². The molecule has 0 aliphatic carbocycles. The second-order valence-electron chi connectivity index (χ2n) is 10.3. The first kappa shape index (κ1) is 26.8. The molecule has 41 heavy (non-hydrogen) atoms. The summed E-state index contributed by atoms with van der Waals surface area (Å²) < 4.78 is 23.0. The van der Waals surface area contributed by atoms with Gasteiger partial charge in [0.2, 0.25) is 6.79 Å². The van der Waals surface area contributed by atoms with Crippen molar-refractivity contribution < 1.29 is 23.4 Å². The number of carbonyl (C=O) groups is 1. The number of amides is 1. The van der Waals surface area contributed by atoms with E-state index in [0.717, 1.165) is 53.9 Å². The van der Waals surface area contributed by atoms with Crippen LogP contribution in [0.3, 0.4) is 0 Å². The number of ether oxygens (including phenoxy) is 3. The van der Waals surface area contributed by atoms with E-state index in [1.54, 1.807) is 6.07 Å². The predicted molar refractivity (Wildman–Crippen MR) is 156 cm³/mol. The van der Waals surface area contributed by atoms with E-state index in [1.807, 2.05) is 66.4 Å². The van der Waals surface area contributed by atoms with Gasteiger partial charge in [-0.3, -0.25) is 9.69 Å². The van der Waals surface area contributed by atoms with Gasteiger partial charge >= 0.3 is 0 Å². The molecule has 1 fully saturated rings. The molecule has 0 spiro atoms. The molecule has 6 rings (SSSR count). The highest BCUT2D eigenvalue weighted by Gasteiger charge is 2.26. The molecule has 212 valence electrons. The number of hydrogen-bond donors (Lipinski definition) is 0. The molecule has 2 aliphatic rings. The number of benzene rings is 3. The zero-order chi connectivity index (χ0) is 28.0. The summed E-state index contributed by atoms with van der Waals surface area (Å²) in [6.07, 6.45) is 0. The van der Waals surface area contributed by atoms with E-state index < -0.39 is 0 Å². The van der Waals surface area contributed by atoms with Gasteiger partial charge in [0, 0.05) is 39.3 Å². The lowest BCUT2D eigenvalue weighted by Crippen LogP contribution is -2.48. The first-order valence-corrected chi connectivity index (χ1v) is 14.2. The normalized spacial score (nSPS) is 14.5. The van der Waals surface area contributed by atoms with Gasteiger partial charge in [-0.2, -0.15) is 0 Å². The topological polar surface area (TPSA) is 67.6 Å². The third-order valence-corrected chi connectivity index (χ3v) is 7.42. The largest absolute Gasteiger partial charge is 0.492 e. The number of carbonyl (C=O) groups excluding carboxylic acids is 1. The number of piperazine rings is 1. The Morgan fingerprint density at radius 3 is 2.39 bits per heavy atom. The zero-order valence-electron chi connectivity index (χ0n) is 23.3. The van der Waals surface area contributed by atoms with Crippen molar-refractivity contribution in [3.8, 4) is 17.2 Å². The molecule has 8 heteroatoms. The number of fused-ring (bicyclic) bond motifs is 1. The number of furan rings is 1. The van der Waals surface area contributed by atoms with E-state index in [4.69, 9.17) is 18.6 Å². The molecule has 8 nitrogen and oxygen atoms in total. The molecule has 2 aliphatic heterocycles. The van der Waals surface area contributed by atoms with E-state index in [0.29, 0.717) is 38.5 Å². The predicted octanol–water partition coefficient (Wildman–Crippen LogP) is 5.57. The molecule has 0 bridgehead atoms. The molecular formula is C33H35N3O5. The molecule has 0 saturated carbocycles. The highest BCUT2D eigenvalue weighted by molar-refractivity contribution is 5.91. The van der Waals surface area contributed by atoms with E-state index in [-0.39, 0.29) is 12.7 Å². The fourth-order valence-corrected chi connectivity index (χ4v) is 5.41. The molecule has 0 N–H and O–H groups in total. The summed E-state index contributed by atoms with van der Waals surface area (Å²) in [6.45, 7) is 7.60. The molecular weight excluding hydrogens is 518 g/mol. The Morgan fingerprint density at radius 1 is 0.805 bits per heavy atom. The summed E-state index contributed by atoms with van der Waals surface area (Å²) in [5, 5.41) is 0. The Kier molecular flexibility index (Phi) is 8.09. The Balaban J connectivity index is 1.11. The van der Waals surface area contributed by atoms with Crippen molar-refractivity contribution >= 4 is 11.6 Å². The minimum absolute atomic E-state index is 0.0700. The Hall–Kier alpha value is -4.43. The lowest BCUT2D eigenvalue weighted by molar-refractivity contribution is 0.0710. The van der Waals surface area contributed by atoms with Crippen LogP contribution >= 0.6 is 0 Å². The number of anilines is 1. The first-order valence-electron chi connectivity index (χ1n) is 14.2. The van der Waals surface area contributed by atoms with Gasteiger partial charge in [0.15, 0.2) is 17.3 Å². The molecule has 1 aromatic heterocycles. The van der Waals surface area contributed by atoms with E-state index >= 15 is 0 Å². The molecule has 1 saturated heterocycles. The van der Waals surface area contributed by atoms with Crippen molar-refractivity contribution in [1.82, 2.24) is 9.80 Å². The van der Waals surface area contributed by atoms with Crippen LogP contribution in [0.2, 0.25) is 0 Å². The van der Waals surface area contributed by atoms with Crippen molar-refractivity contribution in [2.75, 3.05) is 44.5 Å². The smallest absolute Gasteiger partial charge is 0.289 e. The summed E-state index contributed by atoms with van der Waals surface area (Å²) in [5.74, 6) is 3.50. The SMILES string of the molecule is CCOc1ccccc1N1CCN(C(=O)c2ccc(CN(Cc3ccccc3)Cc3ccc4c(c3)OCO4)o2)CC1. The van der Waals surface area contributed by atoms with Crippen molar-refractivity contribution in [3.63, 3.8) is 0 Å². The fourth-order valence-electron chi connectivity index (χ4n) is 5.41. The van der Waals surface area contributed by atoms with Gasteiger partial charge in [-0.15, -0.1) is 0 Å². The molecule has 3 heterocycles. The monoisotopic (exact) mass is 553 g/mol. The Bertz CT molecular complexity index is 1460.